The van der Waals surface area contributed by atoms with E-state index in [2.05, 4.69) is 16.0 Å². The van der Waals surface area contributed by atoms with Gasteiger partial charge in [0.1, 0.15) is 17.6 Å². The summed E-state index contributed by atoms with van der Waals surface area (Å²) >= 11 is 0. The van der Waals surface area contributed by atoms with Crippen LogP contribution in [0.15, 0.2) is 42.5 Å². The number of methoxy groups -OCH3 is 1. The molecule has 11 heteroatoms. The molecule has 4 N–H and O–H groups in total. The number of hydrogen-bond donors (Lipinski definition) is 4. The maximum absolute atomic E-state index is 13.6. The fraction of sp³-hybridized carbons (Fsp3) is 0.464. The molecule has 0 spiro atoms. The van der Waals surface area contributed by atoms with Crippen LogP contribution in [-0.4, -0.2) is 84.9 Å². The number of anilines is 2. The van der Waals surface area contributed by atoms with Crippen LogP contribution in [0.3, 0.4) is 0 Å². The molecule has 1 aliphatic rings. The minimum Gasteiger partial charge on any atom is -0.497 e. The Morgan fingerprint density at radius 3 is 2.41 bits per heavy atom. The zero-order chi connectivity index (χ0) is 28.7. The van der Waals surface area contributed by atoms with E-state index in [0.29, 0.717) is 29.4 Å². The molecule has 5 amide bonds. The number of nitrogens with zero attached hydrogens (tertiary/aromatic N) is 2. The molecule has 1 aliphatic heterocycles. The van der Waals surface area contributed by atoms with E-state index in [9.17, 15) is 19.5 Å². The second-order valence-corrected chi connectivity index (χ2v) is 10.1. The summed E-state index contributed by atoms with van der Waals surface area (Å²) in [6, 6.07) is 10.7. The average Bonchev–Trinajstić information content (AvgIpc) is 2.90. The zero-order valence-corrected chi connectivity index (χ0v) is 23.4. The van der Waals surface area contributed by atoms with E-state index in [1.165, 1.54) is 4.90 Å². The Balaban J connectivity index is 1.83. The lowest BCUT2D eigenvalue weighted by molar-refractivity contribution is 0.0371. The van der Waals surface area contributed by atoms with Gasteiger partial charge in [0.15, 0.2) is 0 Å². The van der Waals surface area contributed by atoms with Crippen molar-refractivity contribution in [1.82, 2.24) is 15.1 Å². The summed E-state index contributed by atoms with van der Waals surface area (Å²) in [5, 5.41) is 18.2. The van der Waals surface area contributed by atoms with E-state index >= 15 is 0 Å². The number of amides is 5. The number of urea groups is 2. The molecular formula is C28H39N5O6. The Hall–Kier alpha value is -3.99. The number of benzene rings is 2. The zero-order valence-electron chi connectivity index (χ0n) is 23.4. The quantitative estimate of drug-likeness (QED) is 0.404. The third kappa shape index (κ3) is 7.76. The number of nitrogens with one attached hydrogen (secondary N) is 3. The topological polar surface area (TPSA) is 132 Å². The fourth-order valence-corrected chi connectivity index (χ4v) is 4.19. The molecule has 212 valence electrons. The maximum atomic E-state index is 13.6. The van der Waals surface area contributed by atoms with E-state index in [4.69, 9.17) is 9.47 Å². The van der Waals surface area contributed by atoms with Gasteiger partial charge < -0.3 is 40.3 Å². The van der Waals surface area contributed by atoms with Gasteiger partial charge in [0.05, 0.1) is 31.9 Å². The normalized spacial score (nSPS) is 17.7. The Morgan fingerprint density at radius 2 is 1.79 bits per heavy atom. The second kappa shape index (κ2) is 13.2. The molecule has 3 atom stereocenters. The molecule has 0 fully saturated rings. The number of fused-ring (bicyclic) bond motifs is 1. The third-order valence-electron chi connectivity index (χ3n) is 6.48. The largest absolute Gasteiger partial charge is 0.497 e. The fourth-order valence-electron chi connectivity index (χ4n) is 4.19. The molecule has 2 aromatic rings. The lowest BCUT2D eigenvalue weighted by Crippen LogP contribution is -2.50. The first-order valence-corrected chi connectivity index (χ1v) is 13.0. The van der Waals surface area contributed by atoms with Gasteiger partial charge in [-0.3, -0.25) is 4.79 Å². The highest BCUT2D eigenvalue weighted by Crippen LogP contribution is 2.31. The summed E-state index contributed by atoms with van der Waals surface area (Å²) in [6.07, 6.45) is -0.458. The summed E-state index contributed by atoms with van der Waals surface area (Å²) in [5.74, 6) is 0.551. The van der Waals surface area contributed by atoms with Gasteiger partial charge in [-0.1, -0.05) is 6.92 Å². The standard InChI is InChI=1S/C28H39N5O6/c1-17(2)29-27(36)30-21-9-12-24-23(13-21)26(35)33(19(4)16-34)14-18(3)25(39-24)15-32(5)28(37)31-20-7-10-22(38-6)11-8-20/h7-13,17-19,25,34H,14-16H2,1-6H3,(H,31,37)(H2,29,30,36)/t18-,19-,25+/m1/s1. The van der Waals surface area contributed by atoms with Gasteiger partial charge in [0, 0.05) is 36.9 Å². The van der Waals surface area contributed by atoms with Gasteiger partial charge in [-0.05, 0) is 63.2 Å². The molecule has 0 unspecified atom stereocenters. The number of aliphatic hydroxyl groups is 1. The smallest absolute Gasteiger partial charge is 0.321 e. The highest BCUT2D eigenvalue weighted by Gasteiger charge is 2.34. The van der Waals surface area contributed by atoms with E-state index < -0.39 is 12.1 Å². The molecule has 11 nitrogen and oxygen atoms in total. The van der Waals surface area contributed by atoms with Crippen LogP contribution in [0, 0.1) is 5.92 Å². The van der Waals surface area contributed by atoms with Crippen molar-refractivity contribution in [3.8, 4) is 11.5 Å². The van der Waals surface area contributed by atoms with Crippen molar-refractivity contribution in [2.75, 3.05) is 44.5 Å². The van der Waals surface area contributed by atoms with Crippen molar-refractivity contribution >= 4 is 29.3 Å². The monoisotopic (exact) mass is 541 g/mol. The number of carbonyl (C=O) groups is 3. The van der Waals surface area contributed by atoms with Crippen LogP contribution in [0.1, 0.15) is 38.1 Å². The van der Waals surface area contributed by atoms with Gasteiger partial charge in [-0.15, -0.1) is 0 Å². The predicted molar refractivity (Wildman–Crippen MR) is 150 cm³/mol. The van der Waals surface area contributed by atoms with Crippen LogP contribution in [-0.2, 0) is 0 Å². The van der Waals surface area contributed by atoms with Crippen molar-refractivity contribution in [3.05, 3.63) is 48.0 Å². The molecule has 39 heavy (non-hydrogen) atoms. The first kappa shape index (κ1) is 29.6. The number of likely N-dealkylation sites (N-methyl/N-ethyl adjacent to an activating group) is 1. The molecule has 0 aromatic heterocycles. The van der Waals surface area contributed by atoms with Gasteiger partial charge >= 0.3 is 12.1 Å². The second-order valence-electron chi connectivity index (χ2n) is 10.1. The van der Waals surface area contributed by atoms with Crippen LogP contribution >= 0.6 is 0 Å². The molecule has 1 heterocycles. The van der Waals surface area contributed by atoms with E-state index in [1.807, 2.05) is 20.8 Å². The number of hydrogen-bond acceptors (Lipinski definition) is 6. The molecule has 0 bridgehead atoms. The van der Waals surface area contributed by atoms with Gasteiger partial charge in [0.25, 0.3) is 5.91 Å². The summed E-state index contributed by atoms with van der Waals surface area (Å²) in [7, 11) is 3.25. The van der Waals surface area contributed by atoms with Crippen molar-refractivity contribution in [1.29, 1.82) is 0 Å². The Bertz CT molecular complexity index is 1160. The van der Waals surface area contributed by atoms with Crippen molar-refractivity contribution in [3.63, 3.8) is 0 Å². The maximum Gasteiger partial charge on any atom is 0.321 e. The van der Waals surface area contributed by atoms with E-state index in [-0.39, 0.29) is 48.6 Å². The van der Waals surface area contributed by atoms with Crippen molar-refractivity contribution < 1.29 is 29.0 Å². The minimum absolute atomic E-state index is 0.0543. The Kier molecular flexibility index (Phi) is 10.00. The van der Waals surface area contributed by atoms with Gasteiger partial charge in [-0.2, -0.15) is 0 Å². The first-order chi connectivity index (χ1) is 18.5. The molecule has 0 radical (unpaired) electrons. The van der Waals surface area contributed by atoms with Gasteiger partial charge in [0.2, 0.25) is 0 Å². The van der Waals surface area contributed by atoms with Crippen LogP contribution < -0.4 is 25.4 Å². The summed E-state index contributed by atoms with van der Waals surface area (Å²) in [6.45, 7) is 7.76. The highest BCUT2D eigenvalue weighted by atomic mass is 16.5. The van der Waals surface area contributed by atoms with Crippen LogP contribution in [0.5, 0.6) is 11.5 Å². The molecule has 3 rings (SSSR count). The molecule has 0 aliphatic carbocycles. The summed E-state index contributed by atoms with van der Waals surface area (Å²) in [4.78, 5) is 41.8. The van der Waals surface area contributed by atoms with Gasteiger partial charge in [-0.25, -0.2) is 9.59 Å². The first-order valence-electron chi connectivity index (χ1n) is 13.0. The molecule has 0 saturated carbocycles. The number of aliphatic hydroxyl groups excluding tert-OH is 1. The van der Waals surface area contributed by atoms with Crippen LogP contribution in [0.25, 0.3) is 0 Å². The summed E-state index contributed by atoms with van der Waals surface area (Å²) in [5.41, 5.74) is 1.32. The molecular weight excluding hydrogens is 502 g/mol. The van der Waals surface area contributed by atoms with Crippen LogP contribution in [0.4, 0.5) is 21.0 Å². The number of ether oxygens (including phenoxy) is 2. The predicted octanol–water partition coefficient (Wildman–Crippen LogP) is 3.61. The Labute approximate surface area is 229 Å². The van der Waals surface area contributed by atoms with Crippen molar-refractivity contribution in [2.45, 2.75) is 45.9 Å². The SMILES string of the molecule is COc1ccc(NC(=O)N(C)C[C@@H]2Oc3ccc(NC(=O)NC(C)C)cc3C(=O)N([C@H](C)CO)C[C@H]2C)cc1. The number of carbonyl (C=O) groups excluding carboxylic acids is 3. The molecule has 0 saturated heterocycles. The lowest BCUT2D eigenvalue weighted by Gasteiger charge is -2.38. The lowest BCUT2D eigenvalue weighted by atomic mass is 9.99. The average molecular weight is 542 g/mol. The van der Waals surface area contributed by atoms with E-state index in [1.54, 1.807) is 68.4 Å². The van der Waals surface area contributed by atoms with Crippen LogP contribution in [0.2, 0.25) is 0 Å². The van der Waals surface area contributed by atoms with Crippen molar-refractivity contribution in [2.24, 2.45) is 5.92 Å². The number of rotatable bonds is 8. The summed E-state index contributed by atoms with van der Waals surface area (Å²) < 4.78 is 11.5. The molecule has 2 aromatic carbocycles. The third-order valence-corrected chi connectivity index (χ3v) is 6.48. The highest BCUT2D eigenvalue weighted by molar-refractivity contribution is 5.99. The minimum atomic E-state index is -0.458. The van der Waals surface area contributed by atoms with E-state index in [0.717, 1.165) is 0 Å². The Morgan fingerprint density at radius 1 is 1.13 bits per heavy atom.